The summed E-state index contributed by atoms with van der Waals surface area (Å²) in [5.41, 5.74) is 2.15. The van der Waals surface area contributed by atoms with Crippen LogP contribution in [-0.2, 0) is 11.3 Å². The summed E-state index contributed by atoms with van der Waals surface area (Å²) >= 11 is 0. The van der Waals surface area contributed by atoms with Gasteiger partial charge in [-0.1, -0.05) is 13.0 Å². The number of halogens is 2. The Hall–Kier alpha value is -2.81. The summed E-state index contributed by atoms with van der Waals surface area (Å²) in [7, 11) is 0. The lowest BCUT2D eigenvalue weighted by atomic mass is 10.2. The molecule has 0 saturated carbocycles. The minimum Gasteiger partial charge on any atom is -0.438 e. The molecule has 1 atom stereocenters. The van der Waals surface area contributed by atoms with E-state index in [4.69, 9.17) is 9.47 Å². The van der Waals surface area contributed by atoms with Crippen LogP contribution < -0.4 is 4.74 Å². The zero-order valence-corrected chi connectivity index (χ0v) is 19.3. The maximum atomic E-state index is 13.8. The third kappa shape index (κ3) is 6.83. The summed E-state index contributed by atoms with van der Waals surface area (Å²) in [6.07, 6.45) is 0.267. The molecule has 3 rings (SSSR count). The van der Waals surface area contributed by atoms with Crippen LogP contribution >= 0.6 is 0 Å². The van der Waals surface area contributed by atoms with Gasteiger partial charge in [0.25, 0.3) is 0 Å². The molecule has 0 unspecified atom stereocenters. The molecule has 0 saturated heterocycles. The maximum absolute atomic E-state index is 13.8. The number of nitrogens with zero attached hydrogens (tertiary/aromatic N) is 3. The predicted molar refractivity (Wildman–Crippen MR) is 123 cm³/mol. The third-order valence-electron chi connectivity index (χ3n) is 5.12. The van der Waals surface area contributed by atoms with E-state index >= 15 is 0 Å². The standard InChI is InChI=1S/C25H31F2N3O3/c1-4-13-29(15-22(31)17-32-5-2)16-24-18(3)28-30(21-11-9-19(26)10-12-21)25(24)33-23-8-6-7-20(27)14-23/h6-12,14,22,31H,4-5,13,15-17H2,1-3H3/t22-/m1/s1. The van der Waals surface area contributed by atoms with Crippen LogP contribution in [0.25, 0.3) is 5.69 Å². The molecule has 0 spiro atoms. The van der Waals surface area contributed by atoms with Gasteiger partial charge in [-0.25, -0.2) is 13.5 Å². The largest absolute Gasteiger partial charge is 0.438 e. The highest BCUT2D eigenvalue weighted by Crippen LogP contribution is 2.32. The van der Waals surface area contributed by atoms with Gasteiger partial charge in [-0.2, -0.15) is 5.10 Å². The van der Waals surface area contributed by atoms with Crippen molar-refractivity contribution in [2.45, 2.75) is 39.8 Å². The quantitative estimate of drug-likeness (QED) is 0.419. The van der Waals surface area contributed by atoms with Gasteiger partial charge in [0.1, 0.15) is 17.4 Å². The van der Waals surface area contributed by atoms with Gasteiger partial charge in [-0.3, -0.25) is 4.90 Å². The Bertz CT molecular complexity index is 1020. The second-order valence-electron chi connectivity index (χ2n) is 7.87. The second-order valence-corrected chi connectivity index (χ2v) is 7.87. The molecule has 178 valence electrons. The molecule has 1 N–H and O–H groups in total. The van der Waals surface area contributed by atoms with Crippen molar-refractivity contribution >= 4 is 0 Å². The number of hydrogen-bond acceptors (Lipinski definition) is 5. The van der Waals surface area contributed by atoms with Crippen LogP contribution in [0.2, 0.25) is 0 Å². The van der Waals surface area contributed by atoms with Gasteiger partial charge >= 0.3 is 0 Å². The lowest BCUT2D eigenvalue weighted by Crippen LogP contribution is -2.35. The summed E-state index contributed by atoms with van der Waals surface area (Å²) in [6.45, 7) is 8.28. The number of benzene rings is 2. The molecule has 6 nitrogen and oxygen atoms in total. The Morgan fingerprint density at radius 2 is 1.85 bits per heavy atom. The average molecular weight is 460 g/mol. The first kappa shape index (κ1) is 24.8. The second kappa shape index (κ2) is 11.9. The van der Waals surface area contributed by atoms with Crippen LogP contribution in [0.4, 0.5) is 8.78 Å². The Morgan fingerprint density at radius 1 is 1.09 bits per heavy atom. The fraction of sp³-hybridized carbons (Fsp3) is 0.400. The van der Waals surface area contributed by atoms with E-state index in [1.165, 1.54) is 24.3 Å². The molecule has 0 aliphatic carbocycles. The summed E-state index contributed by atoms with van der Waals surface area (Å²) in [6, 6.07) is 11.8. The number of hydrogen-bond donors (Lipinski definition) is 1. The van der Waals surface area contributed by atoms with Crippen molar-refractivity contribution in [2.24, 2.45) is 0 Å². The fourth-order valence-electron chi connectivity index (χ4n) is 3.60. The average Bonchev–Trinajstić information content (AvgIpc) is 3.08. The normalized spacial score (nSPS) is 12.3. The van der Waals surface area contributed by atoms with E-state index in [0.29, 0.717) is 37.0 Å². The highest BCUT2D eigenvalue weighted by Gasteiger charge is 2.22. The van der Waals surface area contributed by atoms with Crippen molar-refractivity contribution in [3.63, 3.8) is 0 Å². The molecule has 1 heterocycles. The van der Waals surface area contributed by atoms with Gasteiger partial charge in [0.2, 0.25) is 5.88 Å². The van der Waals surface area contributed by atoms with E-state index in [0.717, 1.165) is 24.2 Å². The number of aliphatic hydroxyl groups is 1. The molecule has 8 heteroatoms. The smallest absolute Gasteiger partial charge is 0.227 e. The lowest BCUT2D eigenvalue weighted by Gasteiger charge is -2.25. The first-order valence-electron chi connectivity index (χ1n) is 11.2. The van der Waals surface area contributed by atoms with Gasteiger partial charge in [0.05, 0.1) is 29.7 Å². The summed E-state index contributed by atoms with van der Waals surface area (Å²) in [5.74, 6) is -0.0128. The van der Waals surface area contributed by atoms with E-state index in [1.54, 1.807) is 28.9 Å². The topological polar surface area (TPSA) is 59.8 Å². The van der Waals surface area contributed by atoms with Crippen LogP contribution in [-0.4, -0.2) is 52.2 Å². The molecular formula is C25H31F2N3O3. The molecule has 2 aromatic carbocycles. The fourth-order valence-corrected chi connectivity index (χ4v) is 3.60. The highest BCUT2D eigenvalue weighted by atomic mass is 19.1. The van der Waals surface area contributed by atoms with E-state index in [-0.39, 0.29) is 12.4 Å². The lowest BCUT2D eigenvalue weighted by molar-refractivity contribution is 0.0195. The highest BCUT2D eigenvalue weighted by molar-refractivity contribution is 5.43. The van der Waals surface area contributed by atoms with Crippen molar-refractivity contribution in [3.05, 3.63) is 71.4 Å². The van der Waals surface area contributed by atoms with Crippen molar-refractivity contribution in [2.75, 3.05) is 26.3 Å². The summed E-state index contributed by atoms with van der Waals surface area (Å²) < 4.78 is 40.4. The Balaban J connectivity index is 1.97. The number of rotatable bonds is 12. The molecular weight excluding hydrogens is 428 g/mol. The number of ether oxygens (including phenoxy) is 2. The van der Waals surface area contributed by atoms with Crippen molar-refractivity contribution < 1.29 is 23.4 Å². The monoisotopic (exact) mass is 459 g/mol. The Labute approximate surface area is 193 Å². The Kier molecular flexibility index (Phi) is 8.94. The number of aryl methyl sites for hydroxylation is 1. The van der Waals surface area contributed by atoms with Gasteiger partial charge in [0.15, 0.2) is 0 Å². The zero-order chi connectivity index (χ0) is 23.8. The molecule has 0 aliphatic rings. The first-order valence-corrected chi connectivity index (χ1v) is 11.2. The molecule has 0 amide bonds. The summed E-state index contributed by atoms with van der Waals surface area (Å²) in [5, 5.41) is 15.0. The van der Waals surface area contributed by atoms with Crippen LogP contribution in [0, 0.1) is 18.6 Å². The molecule has 0 radical (unpaired) electrons. The minimum absolute atomic E-state index is 0.261. The minimum atomic E-state index is -0.628. The van der Waals surface area contributed by atoms with Crippen LogP contribution in [0.1, 0.15) is 31.5 Å². The molecule has 0 aliphatic heterocycles. The van der Waals surface area contributed by atoms with Crippen LogP contribution in [0.3, 0.4) is 0 Å². The third-order valence-corrected chi connectivity index (χ3v) is 5.12. The maximum Gasteiger partial charge on any atom is 0.227 e. The molecule has 1 aromatic heterocycles. The van der Waals surface area contributed by atoms with Crippen molar-refractivity contribution in [3.8, 4) is 17.3 Å². The van der Waals surface area contributed by atoms with E-state index in [9.17, 15) is 13.9 Å². The van der Waals surface area contributed by atoms with Gasteiger partial charge in [0, 0.05) is 25.8 Å². The predicted octanol–water partition coefficient (Wildman–Crippen LogP) is 4.86. The van der Waals surface area contributed by atoms with Gasteiger partial charge < -0.3 is 14.6 Å². The van der Waals surface area contributed by atoms with Gasteiger partial charge in [-0.05, 0) is 63.2 Å². The zero-order valence-electron chi connectivity index (χ0n) is 19.3. The summed E-state index contributed by atoms with van der Waals surface area (Å²) in [4.78, 5) is 2.11. The van der Waals surface area contributed by atoms with E-state index in [2.05, 4.69) is 16.9 Å². The number of aromatic nitrogens is 2. The van der Waals surface area contributed by atoms with E-state index < -0.39 is 11.9 Å². The number of aliphatic hydroxyl groups excluding tert-OH is 1. The molecule has 0 fully saturated rings. The van der Waals surface area contributed by atoms with Crippen LogP contribution in [0.15, 0.2) is 48.5 Å². The molecule has 0 bridgehead atoms. The van der Waals surface area contributed by atoms with Crippen molar-refractivity contribution in [1.29, 1.82) is 0 Å². The Morgan fingerprint density at radius 3 is 2.52 bits per heavy atom. The SMILES string of the molecule is CCCN(Cc1c(C)nn(-c2ccc(F)cc2)c1Oc1cccc(F)c1)C[C@@H](O)COCC. The first-order chi connectivity index (χ1) is 15.9. The van der Waals surface area contributed by atoms with Crippen molar-refractivity contribution in [1.82, 2.24) is 14.7 Å². The van der Waals surface area contributed by atoms with Crippen LogP contribution in [0.5, 0.6) is 11.6 Å². The molecule has 33 heavy (non-hydrogen) atoms. The van der Waals surface area contributed by atoms with E-state index in [1.807, 2.05) is 13.8 Å². The molecule has 3 aromatic rings. The van der Waals surface area contributed by atoms with Gasteiger partial charge in [-0.15, -0.1) is 0 Å².